The Morgan fingerprint density at radius 1 is 1.25 bits per heavy atom. The van der Waals surface area contributed by atoms with E-state index in [1.165, 1.54) is 0 Å². The van der Waals surface area contributed by atoms with E-state index in [-0.39, 0.29) is 0 Å². The molecule has 47 valence electrons. The Balaban J connectivity index is 2.28. The van der Waals surface area contributed by atoms with Crippen LogP contribution in [-0.4, -0.2) is 17.3 Å². The molecule has 1 rings (SSSR count). The van der Waals surface area contributed by atoms with E-state index in [0.717, 1.165) is 12.8 Å². The van der Waals surface area contributed by atoms with Crippen LogP contribution in [0.5, 0.6) is 0 Å². The smallest absolute Gasteiger partial charge is 0.119 e. The van der Waals surface area contributed by atoms with E-state index < -0.39 is 12.2 Å². The average molecular weight is 115 g/mol. The number of aliphatic hydroxyl groups excluding tert-OH is 1. The molecule has 1 aliphatic rings. The Hall–Kier alpha value is -0.0800. The Labute approximate surface area is 49.1 Å². The minimum Gasteiger partial charge on any atom is -0.390 e. The first kappa shape index (κ1) is 6.05. The molecule has 0 amide bonds. The normalized spacial score (nSPS) is 39.8. The Kier molecular flexibility index (Phi) is 1.86. The molecule has 0 aromatic heterocycles. The highest BCUT2D eigenvalue weighted by Gasteiger charge is 2.21. The summed E-state index contributed by atoms with van der Waals surface area (Å²) in [7, 11) is 0. The van der Waals surface area contributed by atoms with E-state index in [9.17, 15) is 5.11 Å². The molecule has 2 unspecified atom stereocenters. The second kappa shape index (κ2) is 2.46. The van der Waals surface area contributed by atoms with Gasteiger partial charge in [-0.15, -0.1) is 0 Å². The van der Waals surface area contributed by atoms with Crippen LogP contribution in [0.15, 0.2) is 0 Å². The van der Waals surface area contributed by atoms with Crippen molar-refractivity contribution in [2.75, 3.05) is 0 Å². The van der Waals surface area contributed by atoms with E-state index in [1.54, 1.807) is 0 Å². The molecule has 0 spiro atoms. The van der Waals surface area contributed by atoms with Crippen molar-refractivity contribution in [3.05, 3.63) is 0 Å². The highest BCUT2D eigenvalue weighted by atomic mass is 16.3. The molecule has 0 bridgehead atoms. The van der Waals surface area contributed by atoms with Gasteiger partial charge in [0.2, 0.25) is 0 Å². The molecule has 1 aliphatic carbocycles. The second-order valence-electron chi connectivity index (χ2n) is 2.39. The molecular weight excluding hydrogens is 104 g/mol. The Bertz CT molecular complexity index is 62.9. The highest BCUT2D eigenvalue weighted by molar-refractivity contribution is 4.71. The first-order chi connectivity index (χ1) is 3.80. The van der Waals surface area contributed by atoms with Gasteiger partial charge >= 0.3 is 0 Å². The van der Waals surface area contributed by atoms with Crippen molar-refractivity contribution in [1.29, 1.82) is 0 Å². The summed E-state index contributed by atoms with van der Waals surface area (Å²) in [5.41, 5.74) is 0. The predicted octanol–water partition coefficient (Wildman–Crippen LogP) is 0.720. The molecule has 1 fully saturated rings. The Morgan fingerprint density at radius 2 is 1.88 bits per heavy atom. The standard InChI is InChI=1S/C6H11O2/c7-5-3-1-2-4-6(5)8/h5-7H,1-4H2. The fourth-order valence-corrected chi connectivity index (χ4v) is 1.08. The topological polar surface area (TPSA) is 40.1 Å². The van der Waals surface area contributed by atoms with Gasteiger partial charge in [0.25, 0.3) is 0 Å². The van der Waals surface area contributed by atoms with Gasteiger partial charge in [-0.1, -0.05) is 12.8 Å². The molecule has 2 atom stereocenters. The van der Waals surface area contributed by atoms with Gasteiger partial charge in [-0.05, 0) is 12.8 Å². The number of hydrogen-bond acceptors (Lipinski definition) is 1. The zero-order chi connectivity index (χ0) is 5.98. The molecule has 1 N–H and O–H groups in total. The molecule has 0 aliphatic heterocycles. The third-order valence-electron chi connectivity index (χ3n) is 1.67. The molecule has 1 saturated carbocycles. The Morgan fingerprint density at radius 3 is 2.25 bits per heavy atom. The summed E-state index contributed by atoms with van der Waals surface area (Å²) in [6.07, 6.45) is 2.17. The van der Waals surface area contributed by atoms with Gasteiger partial charge in [-0.2, -0.15) is 0 Å². The van der Waals surface area contributed by atoms with E-state index in [0.29, 0.717) is 12.8 Å². The first-order valence-electron chi connectivity index (χ1n) is 3.14. The van der Waals surface area contributed by atoms with Gasteiger partial charge in [0.05, 0.1) is 6.10 Å². The number of hydrogen-bond donors (Lipinski definition) is 1. The molecule has 0 aromatic rings. The van der Waals surface area contributed by atoms with Crippen LogP contribution in [0.3, 0.4) is 0 Å². The van der Waals surface area contributed by atoms with Gasteiger partial charge in [0.15, 0.2) is 0 Å². The fourth-order valence-electron chi connectivity index (χ4n) is 1.08. The van der Waals surface area contributed by atoms with Crippen LogP contribution in [0.4, 0.5) is 0 Å². The number of aliphatic hydroxyl groups is 1. The quantitative estimate of drug-likeness (QED) is 0.496. The van der Waals surface area contributed by atoms with Gasteiger partial charge < -0.3 is 5.11 Å². The maximum absolute atomic E-state index is 10.6. The maximum atomic E-state index is 10.6. The second-order valence-corrected chi connectivity index (χ2v) is 2.39. The van der Waals surface area contributed by atoms with E-state index in [2.05, 4.69) is 0 Å². The largest absolute Gasteiger partial charge is 0.390 e. The molecule has 8 heavy (non-hydrogen) atoms. The third-order valence-corrected chi connectivity index (χ3v) is 1.67. The zero-order valence-corrected chi connectivity index (χ0v) is 4.84. The molecule has 0 saturated heterocycles. The summed E-state index contributed by atoms with van der Waals surface area (Å²) < 4.78 is 0. The lowest BCUT2D eigenvalue weighted by Crippen LogP contribution is -2.27. The van der Waals surface area contributed by atoms with Crippen molar-refractivity contribution in [1.82, 2.24) is 0 Å². The molecular formula is C6H11O2. The average Bonchev–Trinajstić information content (AvgIpc) is 1.77. The lowest BCUT2D eigenvalue weighted by Gasteiger charge is -2.20. The van der Waals surface area contributed by atoms with Gasteiger partial charge in [-0.25, -0.2) is 5.11 Å². The number of rotatable bonds is 0. The van der Waals surface area contributed by atoms with Gasteiger partial charge in [0, 0.05) is 0 Å². The van der Waals surface area contributed by atoms with Crippen LogP contribution >= 0.6 is 0 Å². The molecule has 0 heterocycles. The van der Waals surface area contributed by atoms with Crippen molar-refractivity contribution in [3.8, 4) is 0 Å². The van der Waals surface area contributed by atoms with Gasteiger partial charge in [-0.3, -0.25) is 0 Å². The van der Waals surface area contributed by atoms with Crippen molar-refractivity contribution >= 4 is 0 Å². The van der Waals surface area contributed by atoms with Crippen molar-refractivity contribution in [3.63, 3.8) is 0 Å². The monoisotopic (exact) mass is 115 g/mol. The van der Waals surface area contributed by atoms with E-state index in [4.69, 9.17) is 5.11 Å². The third kappa shape index (κ3) is 1.20. The van der Waals surface area contributed by atoms with Crippen LogP contribution < -0.4 is 0 Å². The van der Waals surface area contributed by atoms with Crippen molar-refractivity contribution in [2.24, 2.45) is 0 Å². The minimum absolute atomic E-state index is 0.552. The summed E-state index contributed by atoms with van der Waals surface area (Å²) in [5, 5.41) is 19.5. The van der Waals surface area contributed by atoms with Crippen molar-refractivity contribution in [2.45, 2.75) is 37.9 Å². The van der Waals surface area contributed by atoms with Crippen LogP contribution in [0.1, 0.15) is 25.7 Å². The summed E-state index contributed by atoms with van der Waals surface area (Å²) in [6.45, 7) is 0. The summed E-state index contributed by atoms with van der Waals surface area (Å²) in [5.74, 6) is 0. The summed E-state index contributed by atoms with van der Waals surface area (Å²) >= 11 is 0. The summed E-state index contributed by atoms with van der Waals surface area (Å²) in [4.78, 5) is 0. The molecule has 2 nitrogen and oxygen atoms in total. The lowest BCUT2D eigenvalue weighted by molar-refractivity contribution is -0.0491. The van der Waals surface area contributed by atoms with Crippen LogP contribution in [0.2, 0.25) is 0 Å². The SMILES string of the molecule is [O]C1CCCCC1O. The lowest BCUT2D eigenvalue weighted by atomic mass is 9.95. The van der Waals surface area contributed by atoms with Crippen LogP contribution in [0.25, 0.3) is 0 Å². The first-order valence-corrected chi connectivity index (χ1v) is 3.14. The minimum atomic E-state index is -0.691. The van der Waals surface area contributed by atoms with Crippen LogP contribution in [-0.2, 0) is 5.11 Å². The zero-order valence-electron chi connectivity index (χ0n) is 4.84. The van der Waals surface area contributed by atoms with Gasteiger partial charge in [0.1, 0.15) is 6.10 Å². The molecule has 2 heteroatoms. The predicted molar refractivity (Wildman–Crippen MR) is 28.9 cm³/mol. The molecule has 0 aromatic carbocycles. The highest BCUT2D eigenvalue weighted by Crippen LogP contribution is 2.17. The van der Waals surface area contributed by atoms with E-state index in [1.807, 2.05) is 0 Å². The fraction of sp³-hybridized carbons (Fsp3) is 1.00. The van der Waals surface area contributed by atoms with E-state index >= 15 is 0 Å². The molecule has 1 radical (unpaired) electrons. The van der Waals surface area contributed by atoms with Crippen molar-refractivity contribution < 1.29 is 10.2 Å². The summed E-state index contributed by atoms with van der Waals surface area (Å²) in [6, 6.07) is 0. The van der Waals surface area contributed by atoms with Crippen LogP contribution in [0, 0.1) is 0 Å². The maximum Gasteiger partial charge on any atom is 0.119 e.